The third kappa shape index (κ3) is 4.34. The van der Waals surface area contributed by atoms with Crippen LogP contribution in [0.4, 0.5) is 19.0 Å². The molecule has 1 heterocycles. The van der Waals surface area contributed by atoms with Crippen molar-refractivity contribution in [2.24, 2.45) is 0 Å². The van der Waals surface area contributed by atoms with E-state index in [-0.39, 0.29) is 20.9 Å². The SMILES string of the molecule is COc1cccnc1N(C)S(=O)(=O)c1ccc(OC(F)(F)F)cc1Br. The smallest absolute Gasteiger partial charge is 0.493 e. The summed E-state index contributed by atoms with van der Waals surface area (Å²) < 4.78 is 71.9. The molecule has 0 N–H and O–H groups in total. The third-order valence-electron chi connectivity index (χ3n) is 3.04. The Morgan fingerprint density at radius 3 is 2.48 bits per heavy atom. The second-order valence-electron chi connectivity index (χ2n) is 4.64. The van der Waals surface area contributed by atoms with Gasteiger partial charge < -0.3 is 9.47 Å². The van der Waals surface area contributed by atoms with Gasteiger partial charge in [-0.2, -0.15) is 0 Å². The highest BCUT2D eigenvalue weighted by Gasteiger charge is 2.32. The molecule has 136 valence electrons. The van der Waals surface area contributed by atoms with Crippen LogP contribution in [-0.2, 0) is 10.0 Å². The van der Waals surface area contributed by atoms with Gasteiger partial charge in [0.1, 0.15) is 10.6 Å². The number of methoxy groups -OCH3 is 1. The van der Waals surface area contributed by atoms with Crippen LogP contribution in [-0.4, -0.2) is 33.9 Å². The Morgan fingerprint density at radius 2 is 1.92 bits per heavy atom. The minimum absolute atomic E-state index is 0.0347. The molecule has 0 radical (unpaired) electrons. The molecule has 0 aliphatic carbocycles. The molecule has 0 spiro atoms. The number of hydrogen-bond donors (Lipinski definition) is 0. The van der Waals surface area contributed by atoms with E-state index < -0.39 is 22.1 Å². The highest BCUT2D eigenvalue weighted by Crippen LogP contribution is 2.34. The zero-order valence-electron chi connectivity index (χ0n) is 12.9. The van der Waals surface area contributed by atoms with Crippen molar-refractivity contribution in [1.82, 2.24) is 4.98 Å². The first-order chi connectivity index (χ1) is 11.6. The number of alkyl halides is 3. The van der Waals surface area contributed by atoms with Crippen LogP contribution < -0.4 is 13.8 Å². The van der Waals surface area contributed by atoms with Gasteiger partial charge in [-0.05, 0) is 46.3 Å². The standard InChI is InChI=1S/C14H12BrF3N2O4S/c1-20(13-11(23-2)4-3-7-19-13)25(21,22)12-6-5-9(8-10(12)15)24-14(16,17)18/h3-8H,1-2H3. The van der Waals surface area contributed by atoms with Crippen LogP contribution in [0.15, 0.2) is 45.9 Å². The van der Waals surface area contributed by atoms with Crippen molar-refractivity contribution in [3.63, 3.8) is 0 Å². The van der Waals surface area contributed by atoms with E-state index in [0.29, 0.717) is 0 Å². The Bertz CT molecular complexity index is 875. The van der Waals surface area contributed by atoms with Gasteiger partial charge in [-0.3, -0.25) is 0 Å². The Hall–Kier alpha value is -2.01. The summed E-state index contributed by atoms with van der Waals surface area (Å²) in [5.41, 5.74) is 0. The third-order valence-corrected chi connectivity index (χ3v) is 5.77. The fourth-order valence-electron chi connectivity index (χ4n) is 1.93. The van der Waals surface area contributed by atoms with Gasteiger partial charge in [0.05, 0.1) is 7.11 Å². The Morgan fingerprint density at radius 1 is 1.24 bits per heavy atom. The van der Waals surface area contributed by atoms with E-state index in [2.05, 4.69) is 25.7 Å². The van der Waals surface area contributed by atoms with Crippen LogP contribution in [0.5, 0.6) is 11.5 Å². The van der Waals surface area contributed by atoms with Crippen molar-refractivity contribution in [1.29, 1.82) is 0 Å². The predicted octanol–water partition coefficient (Wildman–Crippen LogP) is 3.58. The number of halogens is 4. The van der Waals surface area contributed by atoms with E-state index in [4.69, 9.17) is 4.74 Å². The van der Waals surface area contributed by atoms with Crippen molar-refractivity contribution in [3.05, 3.63) is 41.0 Å². The maximum Gasteiger partial charge on any atom is 0.573 e. The number of sulfonamides is 1. The molecule has 2 aromatic rings. The monoisotopic (exact) mass is 440 g/mol. The summed E-state index contributed by atoms with van der Waals surface area (Å²) in [6.45, 7) is 0. The van der Waals surface area contributed by atoms with Crippen molar-refractivity contribution in [3.8, 4) is 11.5 Å². The second-order valence-corrected chi connectivity index (χ2v) is 7.43. The van der Waals surface area contributed by atoms with Gasteiger partial charge in [-0.15, -0.1) is 13.2 Å². The number of aromatic nitrogens is 1. The van der Waals surface area contributed by atoms with Crippen LogP contribution in [0, 0.1) is 0 Å². The Kier molecular flexibility index (Phi) is 5.47. The van der Waals surface area contributed by atoms with Crippen LogP contribution in [0.1, 0.15) is 0 Å². The number of pyridine rings is 1. The summed E-state index contributed by atoms with van der Waals surface area (Å²) in [7, 11) is -1.49. The zero-order valence-corrected chi connectivity index (χ0v) is 15.3. The maximum absolute atomic E-state index is 12.8. The molecule has 11 heteroatoms. The highest BCUT2D eigenvalue weighted by atomic mass is 79.9. The number of hydrogen-bond acceptors (Lipinski definition) is 5. The molecular weight excluding hydrogens is 429 g/mol. The van der Waals surface area contributed by atoms with E-state index in [1.807, 2.05) is 0 Å². The van der Waals surface area contributed by atoms with Gasteiger partial charge in [0, 0.05) is 17.7 Å². The van der Waals surface area contributed by atoms with E-state index in [1.165, 1.54) is 26.4 Å². The molecule has 0 aliphatic rings. The average molecular weight is 441 g/mol. The Balaban J connectivity index is 2.42. The normalized spacial score (nSPS) is 11.9. The number of nitrogens with zero attached hydrogens (tertiary/aromatic N) is 2. The highest BCUT2D eigenvalue weighted by molar-refractivity contribution is 9.10. The molecule has 0 saturated carbocycles. The van der Waals surface area contributed by atoms with E-state index in [1.54, 1.807) is 6.07 Å². The molecule has 0 unspecified atom stereocenters. The lowest BCUT2D eigenvalue weighted by Gasteiger charge is -2.21. The van der Waals surface area contributed by atoms with Gasteiger partial charge in [0.15, 0.2) is 11.6 Å². The number of rotatable bonds is 5. The minimum Gasteiger partial charge on any atom is -0.493 e. The first-order valence-corrected chi connectivity index (χ1v) is 8.83. The lowest BCUT2D eigenvalue weighted by atomic mass is 10.3. The molecule has 25 heavy (non-hydrogen) atoms. The predicted molar refractivity (Wildman–Crippen MR) is 87.2 cm³/mol. The van der Waals surface area contributed by atoms with Crippen LogP contribution >= 0.6 is 15.9 Å². The summed E-state index contributed by atoms with van der Waals surface area (Å²) in [6.07, 6.45) is -3.49. The summed E-state index contributed by atoms with van der Waals surface area (Å²) in [5, 5.41) is 0. The van der Waals surface area contributed by atoms with Crippen LogP contribution in [0.3, 0.4) is 0 Å². The van der Waals surface area contributed by atoms with Crippen LogP contribution in [0.25, 0.3) is 0 Å². The van der Waals surface area contributed by atoms with Gasteiger partial charge in [0.25, 0.3) is 10.0 Å². The fraction of sp³-hybridized carbons (Fsp3) is 0.214. The van der Waals surface area contributed by atoms with Gasteiger partial charge in [0.2, 0.25) is 0 Å². The summed E-state index contributed by atoms with van der Waals surface area (Å²) in [6, 6.07) is 5.94. The van der Waals surface area contributed by atoms with Crippen molar-refractivity contribution in [2.45, 2.75) is 11.3 Å². The molecule has 0 aliphatic heterocycles. The second kappa shape index (κ2) is 7.08. The van der Waals surface area contributed by atoms with Crippen molar-refractivity contribution >= 4 is 31.8 Å². The summed E-state index contributed by atoms with van der Waals surface area (Å²) in [4.78, 5) is 3.72. The molecule has 0 fully saturated rings. The molecule has 0 atom stereocenters. The Labute approximate surface area is 150 Å². The average Bonchev–Trinajstić information content (AvgIpc) is 2.52. The summed E-state index contributed by atoms with van der Waals surface area (Å²) in [5.74, 6) is -0.286. The van der Waals surface area contributed by atoms with Gasteiger partial charge in [-0.1, -0.05) is 0 Å². The molecule has 1 aromatic carbocycles. The van der Waals surface area contributed by atoms with Crippen LogP contribution in [0.2, 0.25) is 0 Å². The lowest BCUT2D eigenvalue weighted by Crippen LogP contribution is -2.28. The van der Waals surface area contributed by atoms with E-state index >= 15 is 0 Å². The molecule has 0 saturated heterocycles. The lowest BCUT2D eigenvalue weighted by molar-refractivity contribution is -0.274. The molecular formula is C14H12BrF3N2O4S. The molecule has 0 amide bonds. The number of benzene rings is 1. The summed E-state index contributed by atoms with van der Waals surface area (Å²) >= 11 is 2.96. The first-order valence-electron chi connectivity index (χ1n) is 6.59. The van der Waals surface area contributed by atoms with E-state index in [9.17, 15) is 21.6 Å². The van der Waals surface area contributed by atoms with Crippen molar-refractivity contribution in [2.75, 3.05) is 18.5 Å². The largest absolute Gasteiger partial charge is 0.573 e. The quantitative estimate of drug-likeness (QED) is 0.710. The maximum atomic E-state index is 12.8. The minimum atomic E-state index is -4.88. The number of anilines is 1. The number of ether oxygens (including phenoxy) is 2. The molecule has 6 nitrogen and oxygen atoms in total. The zero-order chi connectivity index (χ0) is 18.8. The van der Waals surface area contributed by atoms with Gasteiger partial charge >= 0.3 is 6.36 Å². The van der Waals surface area contributed by atoms with Gasteiger partial charge in [-0.25, -0.2) is 17.7 Å². The first kappa shape index (κ1) is 19.3. The molecule has 1 aromatic heterocycles. The topological polar surface area (TPSA) is 68.7 Å². The van der Waals surface area contributed by atoms with E-state index in [0.717, 1.165) is 22.5 Å². The molecule has 0 bridgehead atoms. The molecule has 2 rings (SSSR count). The van der Waals surface area contributed by atoms with Crippen molar-refractivity contribution < 1.29 is 31.1 Å². The fourth-order valence-corrected chi connectivity index (χ4v) is 4.10.